The van der Waals surface area contributed by atoms with Crippen molar-refractivity contribution in [1.29, 1.82) is 0 Å². The molecule has 1 aromatic carbocycles. The molecule has 92 valence electrons. The zero-order valence-corrected chi connectivity index (χ0v) is 11.0. The van der Waals surface area contributed by atoms with Crippen LogP contribution in [0.15, 0.2) is 30.2 Å². The van der Waals surface area contributed by atoms with Crippen LogP contribution in [-0.2, 0) is 4.79 Å². The highest BCUT2D eigenvalue weighted by atomic mass is 35.5. The van der Waals surface area contributed by atoms with Crippen molar-refractivity contribution >= 4 is 41.1 Å². The molecule has 1 aromatic rings. The zero-order chi connectivity index (χ0) is 12.7. The van der Waals surface area contributed by atoms with Crippen LogP contribution in [0.4, 0.5) is 0 Å². The van der Waals surface area contributed by atoms with Crippen molar-refractivity contribution in [3.05, 3.63) is 40.2 Å². The summed E-state index contributed by atoms with van der Waals surface area (Å²) in [6.45, 7) is 3.34. The van der Waals surface area contributed by atoms with E-state index in [1.807, 2.05) is 0 Å². The molecule has 17 heavy (non-hydrogen) atoms. The second-order valence-corrected chi connectivity index (χ2v) is 4.39. The second kappa shape index (κ2) is 7.45. The first-order chi connectivity index (χ1) is 8.13. The van der Waals surface area contributed by atoms with Crippen molar-refractivity contribution in [2.75, 3.05) is 6.61 Å². The lowest BCUT2D eigenvalue weighted by Crippen LogP contribution is -2.35. The molecule has 1 amide bonds. The molecule has 0 aromatic heterocycles. The summed E-state index contributed by atoms with van der Waals surface area (Å²) < 4.78 is 5.20. The summed E-state index contributed by atoms with van der Waals surface area (Å²) in [7, 11) is 0. The van der Waals surface area contributed by atoms with Crippen molar-refractivity contribution < 1.29 is 9.53 Å². The normalized spacial score (nSPS) is 9.76. The highest BCUT2D eigenvalue weighted by Crippen LogP contribution is 2.26. The smallest absolute Gasteiger partial charge is 0.272 e. The molecule has 2 N–H and O–H groups in total. The van der Waals surface area contributed by atoms with E-state index in [1.54, 1.807) is 23.6 Å². The molecule has 0 saturated carbocycles. The number of ether oxygens (including phenoxy) is 1. The van der Waals surface area contributed by atoms with Gasteiger partial charge in [-0.3, -0.25) is 10.2 Å². The van der Waals surface area contributed by atoms with Gasteiger partial charge in [-0.25, -0.2) is 0 Å². The van der Waals surface area contributed by atoms with Crippen LogP contribution >= 0.6 is 35.1 Å². The maximum Gasteiger partial charge on any atom is 0.272 e. The van der Waals surface area contributed by atoms with Gasteiger partial charge in [0.15, 0.2) is 6.61 Å². The van der Waals surface area contributed by atoms with Crippen LogP contribution in [0.1, 0.15) is 0 Å². The first-order valence-electron chi connectivity index (χ1n) is 4.51. The molecule has 0 heterocycles. The maximum atomic E-state index is 11.2. The van der Waals surface area contributed by atoms with E-state index in [-0.39, 0.29) is 12.5 Å². The van der Waals surface area contributed by atoms with Crippen LogP contribution in [0.5, 0.6) is 5.75 Å². The number of rotatable bonds is 6. The summed E-state index contributed by atoms with van der Waals surface area (Å²) in [5, 5.41) is 2.36. The average molecular weight is 293 g/mol. The summed E-state index contributed by atoms with van der Waals surface area (Å²) in [5.74, 6) is 0.163. The molecule has 0 fully saturated rings. The first kappa shape index (κ1) is 14.2. The number of hydrazine groups is 1. The second-order valence-electron chi connectivity index (χ2n) is 2.80. The Morgan fingerprint density at radius 3 is 2.88 bits per heavy atom. The van der Waals surface area contributed by atoms with Gasteiger partial charge in [0.05, 0.1) is 10.0 Å². The summed E-state index contributed by atoms with van der Waals surface area (Å²) in [6.07, 6.45) is 0. The van der Waals surface area contributed by atoms with Gasteiger partial charge >= 0.3 is 0 Å². The lowest BCUT2D eigenvalue weighted by atomic mass is 10.3. The van der Waals surface area contributed by atoms with Gasteiger partial charge in [0.2, 0.25) is 0 Å². The fraction of sp³-hybridized carbons (Fsp3) is 0.100. The number of hydrogen-bond acceptors (Lipinski definition) is 4. The average Bonchev–Trinajstić information content (AvgIpc) is 2.31. The predicted octanol–water partition coefficient (Wildman–Crippen LogP) is 2.78. The SMILES string of the molecule is C=CSNNC(=O)COc1ccc(Cl)c(Cl)c1. The zero-order valence-electron chi connectivity index (χ0n) is 8.70. The largest absolute Gasteiger partial charge is 0.484 e. The Balaban J connectivity index is 2.36. The van der Waals surface area contributed by atoms with E-state index in [4.69, 9.17) is 27.9 Å². The third-order valence-corrected chi connectivity index (χ3v) is 2.72. The van der Waals surface area contributed by atoms with Crippen LogP contribution < -0.4 is 15.0 Å². The van der Waals surface area contributed by atoms with Crippen molar-refractivity contribution in [3.8, 4) is 5.75 Å². The molecule has 0 unspecified atom stereocenters. The van der Waals surface area contributed by atoms with Crippen LogP contribution in [0.3, 0.4) is 0 Å². The van der Waals surface area contributed by atoms with Crippen LogP contribution in [0.2, 0.25) is 10.0 Å². The monoisotopic (exact) mass is 292 g/mol. The van der Waals surface area contributed by atoms with Gasteiger partial charge in [0.25, 0.3) is 5.91 Å². The molecule has 0 radical (unpaired) electrons. The molecule has 1 rings (SSSR count). The van der Waals surface area contributed by atoms with Crippen molar-refractivity contribution in [2.45, 2.75) is 0 Å². The Morgan fingerprint density at radius 1 is 1.47 bits per heavy atom. The van der Waals surface area contributed by atoms with Gasteiger partial charge in [-0.1, -0.05) is 29.8 Å². The fourth-order valence-electron chi connectivity index (χ4n) is 0.880. The minimum atomic E-state index is -0.314. The molecule has 0 atom stereocenters. The number of halogens is 2. The van der Waals surface area contributed by atoms with E-state index >= 15 is 0 Å². The molecule has 4 nitrogen and oxygen atoms in total. The van der Waals surface area contributed by atoms with Gasteiger partial charge in [0.1, 0.15) is 5.75 Å². The maximum absolute atomic E-state index is 11.2. The Kier molecular flexibility index (Phi) is 6.21. The molecule has 0 saturated heterocycles. The Morgan fingerprint density at radius 2 is 2.24 bits per heavy atom. The van der Waals surface area contributed by atoms with E-state index in [0.717, 1.165) is 11.9 Å². The third kappa shape index (κ3) is 5.32. The highest BCUT2D eigenvalue weighted by Gasteiger charge is 2.04. The van der Waals surface area contributed by atoms with Crippen molar-refractivity contribution in [1.82, 2.24) is 10.3 Å². The number of hydrogen-bond donors (Lipinski definition) is 2. The minimum Gasteiger partial charge on any atom is -0.484 e. The topological polar surface area (TPSA) is 50.4 Å². The van der Waals surface area contributed by atoms with Gasteiger partial charge in [-0.15, -0.1) is 0 Å². The Labute approximate surface area is 113 Å². The number of nitrogens with one attached hydrogen (secondary N) is 2. The number of amides is 1. The molecule has 0 aliphatic rings. The molecule has 7 heteroatoms. The quantitative estimate of drug-likeness (QED) is 0.481. The van der Waals surface area contributed by atoms with E-state index < -0.39 is 0 Å². The standard InChI is InChI=1S/C10H10Cl2N2O2S/c1-2-17-14-13-10(15)6-16-7-3-4-8(11)9(12)5-7/h2-5,14H,1,6H2,(H,13,15). The van der Waals surface area contributed by atoms with Gasteiger partial charge < -0.3 is 4.74 Å². The van der Waals surface area contributed by atoms with Gasteiger partial charge in [-0.05, 0) is 29.5 Å². The summed E-state index contributed by atoms with van der Waals surface area (Å²) in [6, 6.07) is 4.78. The summed E-state index contributed by atoms with van der Waals surface area (Å²) >= 11 is 12.7. The summed E-state index contributed by atoms with van der Waals surface area (Å²) in [4.78, 5) is 13.8. The van der Waals surface area contributed by atoms with Gasteiger partial charge in [0, 0.05) is 6.07 Å². The molecule has 0 aliphatic carbocycles. The van der Waals surface area contributed by atoms with Crippen LogP contribution in [0.25, 0.3) is 0 Å². The third-order valence-electron chi connectivity index (χ3n) is 1.59. The Hall–Kier alpha value is -0.880. The molecule has 0 bridgehead atoms. The molecular weight excluding hydrogens is 283 g/mol. The number of carbonyl (C=O) groups excluding carboxylic acids is 1. The molecule has 0 aliphatic heterocycles. The lowest BCUT2D eigenvalue weighted by molar-refractivity contribution is -0.123. The predicted molar refractivity (Wildman–Crippen MR) is 71.0 cm³/mol. The van der Waals surface area contributed by atoms with E-state index in [9.17, 15) is 4.79 Å². The molecular formula is C10H10Cl2N2O2S. The summed E-state index contributed by atoms with van der Waals surface area (Å²) in [5.41, 5.74) is 2.40. The van der Waals surface area contributed by atoms with Crippen molar-refractivity contribution in [3.63, 3.8) is 0 Å². The van der Waals surface area contributed by atoms with Crippen molar-refractivity contribution in [2.24, 2.45) is 0 Å². The Bertz CT molecular complexity index is 415. The molecule has 0 spiro atoms. The minimum absolute atomic E-state index is 0.122. The first-order valence-corrected chi connectivity index (χ1v) is 6.15. The van der Waals surface area contributed by atoms with Crippen LogP contribution in [-0.4, -0.2) is 12.5 Å². The van der Waals surface area contributed by atoms with E-state index in [1.165, 1.54) is 0 Å². The van der Waals surface area contributed by atoms with E-state index in [0.29, 0.717) is 15.8 Å². The van der Waals surface area contributed by atoms with Crippen LogP contribution in [0, 0.1) is 0 Å². The fourth-order valence-corrected chi connectivity index (χ4v) is 1.42. The van der Waals surface area contributed by atoms with E-state index in [2.05, 4.69) is 16.8 Å². The lowest BCUT2D eigenvalue weighted by Gasteiger charge is -2.07. The highest BCUT2D eigenvalue weighted by molar-refractivity contribution is 8.00. The number of benzene rings is 1. The van der Waals surface area contributed by atoms with Gasteiger partial charge in [-0.2, -0.15) is 4.83 Å². The number of carbonyl (C=O) groups is 1.